The second kappa shape index (κ2) is 8.46. The highest BCUT2D eigenvalue weighted by atomic mass is 16.5. The summed E-state index contributed by atoms with van der Waals surface area (Å²) in [6, 6.07) is 6.55. The summed E-state index contributed by atoms with van der Waals surface area (Å²) in [7, 11) is 0. The molecule has 1 aliphatic heterocycles. The molecule has 0 saturated heterocycles. The molecule has 0 bridgehead atoms. The second-order valence-corrected chi connectivity index (χ2v) is 7.31. The fourth-order valence-corrected chi connectivity index (χ4v) is 3.75. The van der Waals surface area contributed by atoms with E-state index in [-0.39, 0.29) is 18.1 Å². The largest absolute Gasteiger partial charge is 0.493 e. The molecule has 1 saturated carbocycles. The first-order valence-corrected chi connectivity index (χ1v) is 9.72. The maximum atomic E-state index is 13.0. The van der Waals surface area contributed by atoms with E-state index in [9.17, 15) is 9.59 Å². The van der Waals surface area contributed by atoms with Crippen molar-refractivity contribution < 1.29 is 19.1 Å². The molecular formula is C21H28N2O4. The standard InChI is InChI=1S/C21H28N2O4/c1-4-12-26-17-10-6-5-9-15(17)19-18(14(3)22-21(25)23-19)20(24)27-16-11-7-8-13(16)2/h5-6,9-10,13,16,19H,4,7-8,11-12H2,1-3H3,(H2,22,23,25)/t13-,16-,19+/m0/s1. The van der Waals surface area contributed by atoms with Crippen molar-refractivity contribution in [2.75, 3.05) is 6.61 Å². The van der Waals surface area contributed by atoms with Crippen molar-refractivity contribution in [2.45, 2.75) is 58.6 Å². The third-order valence-electron chi connectivity index (χ3n) is 5.22. The number of ether oxygens (including phenoxy) is 2. The van der Waals surface area contributed by atoms with Crippen LogP contribution in [0.4, 0.5) is 4.79 Å². The molecule has 27 heavy (non-hydrogen) atoms. The van der Waals surface area contributed by atoms with Gasteiger partial charge >= 0.3 is 12.0 Å². The summed E-state index contributed by atoms with van der Waals surface area (Å²) in [5.74, 6) is 0.646. The summed E-state index contributed by atoms with van der Waals surface area (Å²) < 4.78 is 11.7. The van der Waals surface area contributed by atoms with E-state index in [1.54, 1.807) is 6.92 Å². The Hall–Kier alpha value is -2.50. The Morgan fingerprint density at radius 1 is 1.26 bits per heavy atom. The summed E-state index contributed by atoms with van der Waals surface area (Å²) >= 11 is 0. The Balaban J connectivity index is 1.91. The number of nitrogens with one attached hydrogen (secondary N) is 2. The van der Waals surface area contributed by atoms with E-state index in [1.807, 2.05) is 31.2 Å². The molecule has 2 aliphatic rings. The maximum absolute atomic E-state index is 13.0. The van der Waals surface area contributed by atoms with Gasteiger partial charge in [-0.3, -0.25) is 0 Å². The Kier molecular flexibility index (Phi) is 6.04. The van der Waals surface area contributed by atoms with Crippen LogP contribution in [0.15, 0.2) is 35.5 Å². The third kappa shape index (κ3) is 4.26. The van der Waals surface area contributed by atoms with Crippen molar-refractivity contribution in [3.05, 3.63) is 41.1 Å². The molecule has 3 atom stereocenters. The van der Waals surface area contributed by atoms with Crippen LogP contribution in [-0.2, 0) is 9.53 Å². The van der Waals surface area contributed by atoms with Gasteiger partial charge in [-0.25, -0.2) is 9.59 Å². The van der Waals surface area contributed by atoms with Crippen LogP contribution in [0.5, 0.6) is 5.75 Å². The van der Waals surface area contributed by atoms with Crippen molar-refractivity contribution in [3.8, 4) is 5.75 Å². The fourth-order valence-electron chi connectivity index (χ4n) is 3.75. The third-order valence-corrected chi connectivity index (χ3v) is 5.22. The van der Waals surface area contributed by atoms with Crippen LogP contribution >= 0.6 is 0 Å². The van der Waals surface area contributed by atoms with Crippen LogP contribution < -0.4 is 15.4 Å². The second-order valence-electron chi connectivity index (χ2n) is 7.31. The Morgan fingerprint density at radius 3 is 2.74 bits per heavy atom. The van der Waals surface area contributed by atoms with Gasteiger partial charge in [-0.05, 0) is 44.6 Å². The van der Waals surface area contributed by atoms with Crippen molar-refractivity contribution in [2.24, 2.45) is 5.92 Å². The minimum absolute atomic E-state index is 0.0670. The average Bonchev–Trinajstić information content (AvgIpc) is 3.04. The van der Waals surface area contributed by atoms with Crippen LogP contribution in [0.2, 0.25) is 0 Å². The molecule has 6 nitrogen and oxygen atoms in total. The van der Waals surface area contributed by atoms with E-state index in [4.69, 9.17) is 9.47 Å². The molecule has 0 spiro atoms. The number of allylic oxidation sites excluding steroid dienone is 1. The van der Waals surface area contributed by atoms with Gasteiger partial charge in [-0.2, -0.15) is 0 Å². The van der Waals surface area contributed by atoms with Crippen molar-refractivity contribution in [3.63, 3.8) is 0 Å². The van der Waals surface area contributed by atoms with E-state index >= 15 is 0 Å². The minimum atomic E-state index is -0.601. The fraction of sp³-hybridized carbons (Fsp3) is 0.524. The molecule has 146 valence electrons. The quantitative estimate of drug-likeness (QED) is 0.744. The minimum Gasteiger partial charge on any atom is -0.493 e. The van der Waals surface area contributed by atoms with Gasteiger partial charge in [0, 0.05) is 11.3 Å². The molecule has 1 fully saturated rings. The van der Waals surface area contributed by atoms with E-state index in [0.29, 0.717) is 29.5 Å². The lowest BCUT2D eigenvalue weighted by Crippen LogP contribution is -2.45. The lowest BCUT2D eigenvalue weighted by Gasteiger charge is -2.30. The first-order valence-electron chi connectivity index (χ1n) is 9.72. The highest BCUT2D eigenvalue weighted by Crippen LogP contribution is 2.35. The number of hydrogen-bond acceptors (Lipinski definition) is 4. The normalized spacial score (nSPS) is 25.0. The first kappa shape index (κ1) is 19.3. The van der Waals surface area contributed by atoms with Crippen LogP contribution in [0.1, 0.15) is 58.1 Å². The molecule has 0 radical (unpaired) electrons. The van der Waals surface area contributed by atoms with E-state index in [1.165, 1.54) is 0 Å². The van der Waals surface area contributed by atoms with Gasteiger partial charge in [0.05, 0.1) is 18.2 Å². The molecule has 1 aliphatic carbocycles. The van der Waals surface area contributed by atoms with E-state index < -0.39 is 6.04 Å². The van der Waals surface area contributed by atoms with Crippen LogP contribution in [0.3, 0.4) is 0 Å². The number of carbonyl (C=O) groups is 2. The van der Waals surface area contributed by atoms with Gasteiger partial charge in [-0.1, -0.05) is 32.0 Å². The number of para-hydroxylation sites is 1. The SMILES string of the molecule is CCCOc1ccccc1[C@H]1NC(=O)NC(C)=C1C(=O)O[C@H]1CCC[C@@H]1C. The number of urea groups is 1. The molecule has 0 aromatic heterocycles. The molecule has 0 unspecified atom stereocenters. The summed E-state index contributed by atoms with van der Waals surface area (Å²) in [6.45, 7) is 6.44. The highest BCUT2D eigenvalue weighted by Gasteiger charge is 2.36. The molecule has 1 heterocycles. The smallest absolute Gasteiger partial charge is 0.338 e. The van der Waals surface area contributed by atoms with Gasteiger partial charge in [0.25, 0.3) is 0 Å². The van der Waals surface area contributed by atoms with Gasteiger partial charge in [0.1, 0.15) is 11.9 Å². The zero-order valence-electron chi connectivity index (χ0n) is 16.2. The highest BCUT2D eigenvalue weighted by molar-refractivity contribution is 5.95. The summed E-state index contributed by atoms with van der Waals surface area (Å²) in [6.07, 6.45) is 3.84. The number of esters is 1. The monoisotopic (exact) mass is 372 g/mol. The molecular weight excluding hydrogens is 344 g/mol. The van der Waals surface area contributed by atoms with E-state index in [2.05, 4.69) is 17.6 Å². The predicted molar refractivity (Wildman–Crippen MR) is 102 cm³/mol. The lowest BCUT2D eigenvalue weighted by molar-refractivity contribution is -0.146. The molecule has 1 aromatic rings. The predicted octanol–water partition coefficient (Wildman–Crippen LogP) is 3.84. The molecule has 6 heteroatoms. The van der Waals surface area contributed by atoms with Gasteiger partial charge in [0.15, 0.2) is 0 Å². The molecule has 1 aromatic carbocycles. The van der Waals surface area contributed by atoms with E-state index in [0.717, 1.165) is 31.2 Å². The Labute approximate surface area is 160 Å². The van der Waals surface area contributed by atoms with Crippen LogP contribution in [-0.4, -0.2) is 24.7 Å². The van der Waals surface area contributed by atoms with Gasteiger partial charge in [-0.15, -0.1) is 0 Å². The lowest BCUT2D eigenvalue weighted by atomic mass is 9.94. The number of amides is 2. The van der Waals surface area contributed by atoms with Crippen molar-refractivity contribution >= 4 is 12.0 Å². The summed E-state index contributed by atoms with van der Waals surface area (Å²) in [5, 5.41) is 5.55. The maximum Gasteiger partial charge on any atom is 0.338 e. The topological polar surface area (TPSA) is 76.7 Å². The van der Waals surface area contributed by atoms with Crippen LogP contribution in [0, 0.1) is 5.92 Å². The van der Waals surface area contributed by atoms with Crippen LogP contribution in [0.25, 0.3) is 0 Å². The summed E-state index contributed by atoms with van der Waals surface area (Å²) in [4.78, 5) is 25.1. The number of rotatable bonds is 6. The zero-order valence-corrected chi connectivity index (χ0v) is 16.2. The molecule has 2 N–H and O–H groups in total. The summed E-state index contributed by atoms with van der Waals surface area (Å²) in [5.41, 5.74) is 1.71. The first-order chi connectivity index (χ1) is 13.0. The number of benzene rings is 1. The zero-order chi connectivity index (χ0) is 19.4. The molecule has 2 amide bonds. The Morgan fingerprint density at radius 2 is 2.04 bits per heavy atom. The van der Waals surface area contributed by atoms with Gasteiger partial charge in [0.2, 0.25) is 0 Å². The number of hydrogen-bond donors (Lipinski definition) is 2. The molecule has 3 rings (SSSR count). The van der Waals surface area contributed by atoms with Crippen molar-refractivity contribution in [1.82, 2.24) is 10.6 Å². The van der Waals surface area contributed by atoms with Crippen molar-refractivity contribution in [1.29, 1.82) is 0 Å². The van der Waals surface area contributed by atoms with Gasteiger partial charge < -0.3 is 20.1 Å². The number of carbonyl (C=O) groups excluding carboxylic acids is 2. The average molecular weight is 372 g/mol. The Bertz CT molecular complexity index is 743.